The Morgan fingerprint density at radius 1 is 0.926 bits per heavy atom. The number of fused-ring (bicyclic) bond motifs is 3. The van der Waals surface area contributed by atoms with Crippen molar-refractivity contribution in [1.82, 2.24) is 4.57 Å². The Balaban J connectivity index is 1.95. The predicted octanol–water partition coefficient (Wildman–Crippen LogP) is 5.56. The molecule has 0 aliphatic rings. The highest BCUT2D eigenvalue weighted by atomic mass is 16.1. The van der Waals surface area contributed by atoms with Gasteiger partial charge in [0.1, 0.15) is 0 Å². The third kappa shape index (κ3) is 2.76. The first-order valence-electron chi connectivity index (χ1n) is 9.74. The molecule has 0 fully saturated rings. The molecule has 3 aromatic carbocycles. The number of Topliss-reactive ketones (excluding diaryl/α,β-unsaturated/α-hetero) is 1. The number of aromatic nitrogens is 1. The lowest BCUT2D eigenvalue weighted by atomic mass is 9.97. The van der Waals surface area contributed by atoms with Gasteiger partial charge in [0.2, 0.25) is 0 Å². The number of carbonyl (C=O) groups is 2. The summed E-state index contributed by atoms with van der Waals surface area (Å²) in [6.45, 7) is 4.54. The molecule has 3 nitrogen and oxygen atoms in total. The Labute approximate surface area is 159 Å². The average molecular weight is 356 g/mol. The molecule has 0 radical (unpaired) electrons. The van der Waals surface area contributed by atoms with Crippen LogP contribution in [0.1, 0.15) is 47.0 Å². The first kappa shape index (κ1) is 16.0. The zero-order valence-corrected chi connectivity index (χ0v) is 15.5. The first-order chi connectivity index (χ1) is 13.5. The number of benzene rings is 3. The van der Waals surface area contributed by atoms with Gasteiger partial charge in [-0.2, -0.15) is 0 Å². The molecule has 0 atom stereocenters. The maximum atomic E-state index is 13.1. The molecule has 0 amide bonds. The van der Waals surface area contributed by atoms with Gasteiger partial charge in [0, 0.05) is 46.4 Å². The zero-order valence-electron chi connectivity index (χ0n) is 16.5. The lowest BCUT2D eigenvalue weighted by Gasteiger charge is -2.06. The number of aryl methyl sites for hydroxylation is 2. The van der Waals surface area contributed by atoms with Crippen LogP contribution in [0.2, 0.25) is 0 Å². The van der Waals surface area contributed by atoms with Crippen LogP contribution in [0.5, 0.6) is 0 Å². The van der Waals surface area contributed by atoms with Gasteiger partial charge in [0.25, 0.3) is 0 Å². The van der Waals surface area contributed by atoms with Crippen molar-refractivity contribution in [2.45, 2.75) is 27.3 Å². The minimum absolute atomic E-state index is 0.00390. The average Bonchev–Trinajstić information content (AvgIpc) is 3.05. The highest BCUT2D eigenvalue weighted by molar-refractivity contribution is 6.16. The summed E-state index contributed by atoms with van der Waals surface area (Å²) in [7, 11) is 0. The van der Waals surface area contributed by atoms with Crippen molar-refractivity contribution in [3.05, 3.63) is 82.9 Å². The summed E-state index contributed by atoms with van der Waals surface area (Å²) in [5.41, 5.74) is 4.88. The fourth-order valence-electron chi connectivity index (χ4n) is 3.74. The van der Waals surface area contributed by atoms with Gasteiger partial charge >= 0.3 is 0 Å². The molecule has 4 rings (SSSR count). The second-order valence-corrected chi connectivity index (χ2v) is 6.78. The van der Waals surface area contributed by atoms with E-state index in [9.17, 15) is 9.59 Å². The van der Waals surface area contributed by atoms with Crippen molar-refractivity contribution in [1.29, 1.82) is 0 Å². The lowest BCUT2D eigenvalue weighted by Crippen LogP contribution is -2.03. The van der Waals surface area contributed by atoms with Crippen LogP contribution in [0.3, 0.4) is 0 Å². The second-order valence-electron chi connectivity index (χ2n) is 6.78. The van der Waals surface area contributed by atoms with Crippen LogP contribution in [0.25, 0.3) is 21.8 Å². The highest BCUT2D eigenvalue weighted by Crippen LogP contribution is 2.31. The highest BCUT2D eigenvalue weighted by Gasteiger charge is 2.16. The number of nitrogens with zero attached hydrogens (tertiary/aromatic N) is 1. The van der Waals surface area contributed by atoms with E-state index in [4.69, 9.17) is 1.37 Å². The molecular weight excluding hydrogens is 334 g/mol. The second kappa shape index (κ2) is 6.51. The molecule has 134 valence electrons. The van der Waals surface area contributed by atoms with Crippen LogP contribution in [0.4, 0.5) is 0 Å². The Kier molecular flexibility index (Phi) is 3.86. The van der Waals surface area contributed by atoms with Gasteiger partial charge in [-0.3, -0.25) is 9.59 Å². The van der Waals surface area contributed by atoms with Crippen molar-refractivity contribution >= 4 is 33.4 Å². The van der Waals surface area contributed by atoms with Gasteiger partial charge in [-0.1, -0.05) is 24.3 Å². The largest absolute Gasteiger partial charge is 0.341 e. The molecular formula is C24H21NO2. The summed E-state index contributed by atoms with van der Waals surface area (Å²) < 4.78 is 9.55. The number of hydrogen-bond acceptors (Lipinski definition) is 2. The summed E-state index contributed by atoms with van der Waals surface area (Å²) in [6, 6.07) is 18.9. The van der Waals surface area contributed by atoms with Crippen LogP contribution >= 0.6 is 0 Å². The van der Waals surface area contributed by atoms with E-state index in [1.165, 1.54) is 0 Å². The van der Waals surface area contributed by atoms with Gasteiger partial charge in [-0.05, 0) is 62.7 Å². The van der Waals surface area contributed by atoms with Crippen LogP contribution in [-0.4, -0.2) is 16.1 Å². The smallest absolute Gasteiger partial charge is 0.193 e. The summed E-state index contributed by atoms with van der Waals surface area (Å²) in [6.07, 6.45) is 0. The van der Waals surface area contributed by atoms with E-state index in [1.54, 1.807) is 6.07 Å². The molecule has 0 N–H and O–H groups in total. The van der Waals surface area contributed by atoms with Gasteiger partial charge in [-0.25, -0.2) is 0 Å². The maximum absolute atomic E-state index is 13.1. The monoisotopic (exact) mass is 356 g/mol. The fraction of sp³-hybridized carbons (Fsp3) is 0.167. The van der Waals surface area contributed by atoms with Gasteiger partial charge in [0.05, 0.1) is 0 Å². The molecule has 0 spiro atoms. The topological polar surface area (TPSA) is 39.1 Å². The normalized spacial score (nSPS) is 11.7. The molecule has 3 heteroatoms. The van der Waals surface area contributed by atoms with Gasteiger partial charge < -0.3 is 4.57 Å². The molecule has 0 bridgehead atoms. The summed E-state index contributed by atoms with van der Waals surface area (Å²) in [4.78, 5) is 25.1. The van der Waals surface area contributed by atoms with Crippen LogP contribution in [0.15, 0.2) is 60.7 Å². The van der Waals surface area contributed by atoms with Crippen LogP contribution in [0, 0.1) is 6.92 Å². The van der Waals surface area contributed by atoms with Crippen LogP contribution < -0.4 is 0 Å². The number of hydrogen-bond donors (Lipinski definition) is 0. The molecule has 27 heavy (non-hydrogen) atoms. The van der Waals surface area contributed by atoms with E-state index in [0.717, 1.165) is 33.9 Å². The Morgan fingerprint density at radius 2 is 1.56 bits per heavy atom. The molecule has 0 aliphatic carbocycles. The van der Waals surface area contributed by atoms with Crippen molar-refractivity contribution in [3.8, 4) is 0 Å². The maximum Gasteiger partial charge on any atom is 0.193 e. The molecule has 1 aromatic heterocycles. The van der Waals surface area contributed by atoms with Gasteiger partial charge in [-0.15, -0.1) is 0 Å². The number of carbonyl (C=O) groups excluding carboxylic acids is 2. The standard InChI is InChI=1S/C24H21NO2/c1-4-25-22-11-9-17(16(3)26)13-20(22)21-14-18(10-12-23(21)25)24(27)19-8-6-5-7-15(19)2/h5-14H,4H2,1-3H3/i3D. The van der Waals surface area contributed by atoms with Crippen molar-refractivity contribution in [2.75, 3.05) is 0 Å². The Hall–Kier alpha value is -3.20. The third-order valence-electron chi connectivity index (χ3n) is 5.15. The van der Waals surface area contributed by atoms with Crippen molar-refractivity contribution in [2.24, 2.45) is 0 Å². The minimum Gasteiger partial charge on any atom is -0.341 e. The quantitative estimate of drug-likeness (QED) is 0.449. The van der Waals surface area contributed by atoms with E-state index in [0.29, 0.717) is 16.7 Å². The lowest BCUT2D eigenvalue weighted by molar-refractivity contribution is 0.101. The summed E-state index contributed by atoms with van der Waals surface area (Å²) >= 11 is 0. The van der Waals surface area contributed by atoms with Crippen molar-refractivity contribution in [3.63, 3.8) is 0 Å². The van der Waals surface area contributed by atoms with E-state index in [-0.39, 0.29) is 18.5 Å². The molecule has 0 unspecified atom stereocenters. The van der Waals surface area contributed by atoms with E-state index >= 15 is 0 Å². The Bertz CT molecular complexity index is 1240. The van der Waals surface area contributed by atoms with Gasteiger partial charge in [0.15, 0.2) is 11.6 Å². The molecule has 0 aliphatic heterocycles. The first-order valence-corrected chi connectivity index (χ1v) is 9.04. The zero-order chi connectivity index (χ0) is 19.8. The number of rotatable bonds is 4. The van der Waals surface area contributed by atoms with E-state index in [2.05, 4.69) is 11.5 Å². The Morgan fingerprint density at radius 3 is 2.19 bits per heavy atom. The molecule has 4 aromatic rings. The third-order valence-corrected chi connectivity index (χ3v) is 5.15. The predicted molar refractivity (Wildman–Crippen MR) is 110 cm³/mol. The van der Waals surface area contributed by atoms with Crippen LogP contribution in [-0.2, 0) is 6.54 Å². The SMILES string of the molecule is [2H]CC(=O)c1ccc2c(c1)c1cc(C(=O)c3ccccc3C)ccc1n2CC. The molecule has 1 heterocycles. The van der Waals surface area contributed by atoms with E-state index in [1.807, 2.05) is 61.5 Å². The van der Waals surface area contributed by atoms with Crippen molar-refractivity contribution < 1.29 is 11.0 Å². The minimum atomic E-state index is -0.269. The summed E-state index contributed by atoms with van der Waals surface area (Å²) in [5.74, 6) is -0.206. The number of ketones is 2. The molecule has 0 saturated carbocycles. The summed E-state index contributed by atoms with van der Waals surface area (Å²) in [5, 5.41) is 1.89. The van der Waals surface area contributed by atoms with E-state index < -0.39 is 0 Å². The fourth-order valence-corrected chi connectivity index (χ4v) is 3.74. The molecule has 0 saturated heterocycles.